The van der Waals surface area contributed by atoms with Crippen molar-refractivity contribution in [1.29, 1.82) is 0 Å². The van der Waals surface area contributed by atoms with Crippen molar-refractivity contribution in [3.05, 3.63) is 69.7 Å². The summed E-state index contributed by atoms with van der Waals surface area (Å²) in [6, 6.07) is 13.4. The molecule has 2 aromatic carbocycles. The predicted molar refractivity (Wildman–Crippen MR) is 91.0 cm³/mol. The van der Waals surface area contributed by atoms with E-state index in [9.17, 15) is 9.59 Å². The molecule has 0 heterocycles. The summed E-state index contributed by atoms with van der Waals surface area (Å²) >= 11 is 11.6. The predicted octanol–water partition coefficient (Wildman–Crippen LogP) is 2.87. The zero-order valence-corrected chi connectivity index (χ0v) is 13.4. The molecule has 2 N–H and O–H groups in total. The van der Waals surface area contributed by atoms with E-state index in [0.717, 1.165) is 5.56 Å². The minimum absolute atomic E-state index is 0.186. The number of hydrogen-bond acceptors (Lipinski definition) is 3. The van der Waals surface area contributed by atoms with Crippen LogP contribution in [0.1, 0.15) is 15.9 Å². The summed E-state index contributed by atoms with van der Waals surface area (Å²) in [5, 5.41) is 7.40. The molecule has 0 fully saturated rings. The van der Waals surface area contributed by atoms with Crippen LogP contribution in [0.15, 0.2) is 53.6 Å². The second kappa shape index (κ2) is 8.31. The van der Waals surface area contributed by atoms with Gasteiger partial charge in [-0.1, -0.05) is 35.3 Å². The van der Waals surface area contributed by atoms with Crippen molar-refractivity contribution in [3.63, 3.8) is 0 Å². The quantitative estimate of drug-likeness (QED) is 0.643. The smallest absolute Gasteiger partial charge is 0.259 e. The maximum Gasteiger partial charge on any atom is 0.259 e. The Hall–Kier alpha value is -2.37. The Bertz CT molecular complexity index is 730. The molecule has 0 saturated carbocycles. The highest BCUT2D eigenvalue weighted by molar-refractivity contribution is 6.31. The Kier molecular flexibility index (Phi) is 6.14. The van der Waals surface area contributed by atoms with Crippen LogP contribution in [0.4, 0.5) is 0 Å². The Labute approximate surface area is 143 Å². The lowest BCUT2D eigenvalue weighted by molar-refractivity contribution is -0.120. The normalized spacial score (nSPS) is 10.5. The molecule has 0 bridgehead atoms. The standard InChI is InChI=1S/C16H13Cl2N3O2/c17-13-6-4-12(5-7-13)16(23)19-10-15(22)21-20-9-11-2-1-3-14(18)8-11/h1-9H,10H2,(H,19,23)(H,21,22). The highest BCUT2D eigenvalue weighted by Gasteiger charge is 2.07. The molecular formula is C16H13Cl2N3O2. The van der Waals surface area contributed by atoms with Crippen LogP contribution in [0, 0.1) is 0 Å². The first-order valence-electron chi connectivity index (χ1n) is 6.66. The number of nitrogens with zero attached hydrogens (tertiary/aromatic N) is 1. The van der Waals surface area contributed by atoms with Crippen LogP contribution in [-0.4, -0.2) is 24.6 Å². The molecule has 0 atom stereocenters. The van der Waals surface area contributed by atoms with Crippen LogP contribution in [0.2, 0.25) is 10.0 Å². The van der Waals surface area contributed by atoms with Gasteiger partial charge < -0.3 is 5.32 Å². The summed E-state index contributed by atoms with van der Waals surface area (Å²) in [5.74, 6) is -0.804. The van der Waals surface area contributed by atoms with Crippen molar-refractivity contribution in [1.82, 2.24) is 10.7 Å². The molecule has 0 aliphatic rings. The largest absolute Gasteiger partial charge is 0.343 e. The SMILES string of the molecule is O=C(CNC(=O)c1ccc(Cl)cc1)NN=Cc1cccc(Cl)c1. The molecule has 0 aromatic heterocycles. The maximum atomic E-state index is 11.8. The summed E-state index contributed by atoms with van der Waals surface area (Å²) < 4.78 is 0. The van der Waals surface area contributed by atoms with Crippen molar-refractivity contribution in [2.24, 2.45) is 5.10 Å². The summed E-state index contributed by atoms with van der Waals surface area (Å²) in [4.78, 5) is 23.4. The van der Waals surface area contributed by atoms with E-state index < -0.39 is 5.91 Å². The fourth-order valence-corrected chi connectivity index (χ4v) is 1.99. The topological polar surface area (TPSA) is 70.6 Å². The molecule has 0 saturated heterocycles. The lowest BCUT2D eigenvalue weighted by Gasteiger charge is -2.04. The molecule has 5 nitrogen and oxygen atoms in total. The third kappa shape index (κ3) is 5.73. The monoisotopic (exact) mass is 349 g/mol. The van der Waals surface area contributed by atoms with Gasteiger partial charge in [0.1, 0.15) is 0 Å². The summed E-state index contributed by atoms with van der Waals surface area (Å²) in [6.45, 7) is -0.186. The van der Waals surface area contributed by atoms with E-state index in [1.807, 2.05) is 0 Å². The van der Waals surface area contributed by atoms with E-state index in [1.54, 1.807) is 48.5 Å². The van der Waals surface area contributed by atoms with Gasteiger partial charge in [0.15, 0.2) is 0 Å². The summed E-state index contributed by atoms with van der Waals surface area (Å²) in [5.41, 5.74) is 3.49. The third-order valence-corrected chi connectivity index (χ3v) is 3.25. The first-order valence-corrected chi connectivity index (χ1v) is 7.41. The fraction of sp³-hybridized carbons (Fsp3) is 0.0625. The molecule has 2 rings (SSSR count). The minimum Gasteiger partial charge on any atom is -0.343 e. The van der Waals surface area contributed by atoms with Gasteiger partial charge in [0.25, 0.3) is 11.8 Å². The van der Waals surface area contributed by atoms with Crippen molar-refractivity contribution >= 4 is 41.2 Å². The average molecular weight is 350 g/mol. The number of nitrogens with one attached hydrogen (secondary N) is 2. The first-order chi connectivity index (χ1) is 11.0. The number of carbonyl (C=O) groups is 2. The summed E-state index contributed by atoms with van der Waals surface area (Å²) in [6.07, 6.45) is 1.46. The fourth-order valence-electron chi connectivity index (χ4n) is 1.67. The molecule has 0 radical (unpaired) electrons. The molecule has 0 unspecified atom stereocenters. The van der Waals surface area contributed by atoms with Crippen LogP contribution >= 0.6 is 23.2 Å². The molecule has 23 heavy (non-hydrogen) atoms. The van der Waals surface area contributed by atoms with Gasteiger partial charge in [-0.15, -0.1) is 0 Å². The lowest BCUT2D eigenvalue weighted by Crippen LogP contribution is -2.34. The van der Waals surface area contributed by atoms with E-state index in [1.165, 1.54) is 6.21 Å². The highest BCUT2D eigenvalue weighted by Crippen LogP contribution is 2.09. The Balaban J connectivity index is 1.78. The number of halogens is 2. The van der Waals surface area contributed by atoms with Gasteiger partial charge in [0, 0.05) is 15.6 Å². The van der Waals surface area contributed by atoms with Crippen LogP contribution in [0.25, 0.3) is 0 Å². The number of amides is 2. The number of rotatable bonds is 5. The van der Waals surface area contributed by atoms with Gasteiger partial charge in [0.2, 0.25) is 0 Å². The molecule has 118 valence electrons. The van der Waals surface area contributed by atoms with Gasteiger partial charge in [-0.25, -0.2) is 5.43 Å². The number of benzene rings is 2. The second-order valence-corrected chi connectivity index (χ2v) is 5.41. The van der Waals surface area contributed by atoms with Crippen LogP contribution < -0.4 is 10.7 Å². The minimum atomic E-state index is -0.439. The van der Waals surface area contributed by atoms with Crippen molar-refractivity contribution in [2.75, 3.05) is 6.54 Å². The zero-order valence-electron chi connectivity index (χ0n) is 11.9. The van der Waals surface area contributed by atoms with Gasteiger partial charge in [0.05, 0.1) is 12.8 Å². The Morgan fingerprint density at radius 1 is 1.04 bits per heavy atom. The third-order valence-electron chi connectivity index (χ3n) is 2.77. The first kappa shape index (κ1) is 17.0. The molecule has 7 heteroatoms. The summed E-state index contributed by atoms with van der Waals surface area (Å²) in [7, 11) is 0. The van der Waals surface area contributed by atoms with E-state index >= 15 is 0 Å². The van der Waals surface area contributed by atoms with Crippen LogP contribution in [0.5, 0.6) is 0 Å². The van der Waals surface area contributed by atoms with Crippen molar-refractivity contribution in [3.8, 4) is 0 Å². The van der Waals surface area contributed by atoms with Gasteiger partial charge in [-0.3, -0.25) is 9.59 Å². The molecule has 0 spiro atoms. The van der Waals surface area contributed by atoms with Crippen LogP contribution in [0.3, 0.4) is 0 Å². The molecule has 0 aliphatic heterocycles. The van der Waals surface area contributed by atoms with Crippen molar-refractivity contribution in [2.45, 2.75) is 0 Å². The molecule has 0 aliphatic carbocycles. The number of hydrazone groups is 1. The van der Waals surface area contributed by atoms with Gasteiger partial charge in [-0.2, -0.15) is 5.10 Å². The molecular weight excluding hydrogens is 337 g/mol. The van der Waals surface area contributed by atoms with Gasteiger partial charge in [-0.05, 0) is 42.0 Å². The van der Waals surface area contributed by atoms with Crippen molar-refractivity contribution < 1.29 is 9.59 Å². The number of carbonyl (C=O) groups excluding carboxylic acids is 2. The number of hydrogen-bond donors (Lipinski definition) is 2. The average Bonchev–Trinajstić information content (AvgIpc) is 2.53. The maximum absolute atomic E-state index is 11.8. The molecule has 2 amide bonds. The van der Waals surface area contributed by atoms with E-state index in [4.69, 9.17) is 23.2 Å². The Morgan fingerprint density at radius 3 is 2.48 bits per heavy atom. The highest BCUT2D eigenvalue weighted by atomic mass is 35.5. The Morgan fingerprint density at radius 2 is 1.78 bits per heavy atom. The van der Waals surface area contributed by atoms with E-state index in [2.05, 4.69) is 15.8 Å². The van der Waals surface area contributed by atoms with E-state index in [-0.39, 0.29) is 12.5 Å². The van der Waals surface area contributed by atoms with Gasteiger partial charge >= 0.3 is 0 Å². The molecule has 2 aromatic rings. The zero-order chi connectivity index (χ0) is 16.7. The lowest BCUT2D eigenvalue weighted by atomic mass is 10.2. The van der Waals surface area contributed by atoms with Crippen LogP contribution in [-0.2, 0) is 4.79 Å². The van der Waals surface area contributed by atoms with E-state index in [0.29, 0.717) is 15.6 Å². The second-order valence-electron chi connectivity index (χ2n) is 4.54.